The van der Waals surface area contributed by atoms with Crippen molar-refractivity contribution in [2.75, 3.05) is 13.2 Å². The molecule has 0 saturated carbocycles. The number of amides is 1. The minimum atomic E-state index is -3.68. The number of hydrogen-bond donors (Lipinski definition) is 0. The molecular formula is C20H23N3O4S3. The Bertz CT molecular complexity index is 1230. The molecule has 0 N–H and O–H groups in total. The summed E-state index contributed by atoms with van der Waals surface area (Å²) >= 11 is 2.57. The largest absolute Gasteiger partial charge is 0.494 e. The summed E-state index contributed by atoms with van der Waals surface area (Å²) in [6.07, 6.45) is 1.13. The van der Waals surface area contributed by atoms with Gasteiger partial charge in [-0.3, -0.25) is 4.79 Å². The molecule has 0 spiro atoms. The van der Waals surface area contributed by atoms with Gasteiger partial charge in [-0.05, 0) is 56.3 Å². The van der Waals surface area contributed by atoms with Gasteiger partial charge in [0.2, 0.25) is 0 Å². The number of carbonyl (C=O) groups excluding carboxylic acids is 1. The van der Waals surface area contributed by atoms with Crippen molar-refractivity contribution in [3.63, 3.8) is 0 Å². The first-order chi connectivity index (χ1) is 14.5. The number of thiophene rings is 1. The molecule has 0 radical (unpaired) electrons. The summed E-state index contributed by atoms with van der Waals surface area (Å²) in [5.41, 5.74) is 0.979. The summed E-state index contributed by atoms with van der Waals surface area (Å²) in [6.45, 7) is 5.50. The molecule has 1 aliphatic heterocycles. The van der Waals surface area contributed by atoms with E-state index in [1.165, 1.54) is 15.6 Å². The van der Waals surface area contributed by atoms with Crippen LogP contribution in [0.2, 0.25) is 0 Å². The Labute approximate surface area is 183 Å². The zero-order valence-corrected chi connectivity index (χ0v) is 19.2. The SMILES string of the molecule is CCOc1ccc2c(c1)sc(=NC(=O)C1CCCN1S(=O)(=O)c1cccs1)n2CC. The molecule has 0 bridgehead atoms. The van der Waals surface area contributed by atoms with Gasteiger partial charge in [0.1, 0.15) is 16.0 Å². The van der Waals surface area contributed by atoms with Gasteiger partial charge >= 0.3 is 0 Å². The third kappa shape index (κ3) is 3.84. The Morgan fingerprint density at radius 1 is 1.30 bits per heavy atom. The Hall–Kier alpha value is -2.01. The van der Waals surface area contributed by atoms with Gasteiger partial charge in [0.05, 0.1) is 16.8 Å². The van der Waals surface area contributed by atoms with Crippen molar-refractivity contribution in [2.45, 2.75) is 43.5 Å². The highest BCUT2D eigenvalue weighted by Crippen LogP contribution is 2.29. The molecule has 10 heteroatoms. The number of thiazole rings is 1. The third-order valence-corrected chi connectivity index (χ3v) is 9.36. The van der Waals surface area contributed by atoms with E-state index in [4.69, 9.17) is 4.74 Å². The van der Waals surface area contributed by atoms with Gasteiger partial charge in [-0.1, -0.05) is 17.4 Å². The van der Waals surface area contributed by atoms with Crippen LogP contribution in [0.15, 0.2) is 44.9 Å². The van der Waals surface area contributed by atoms with E-state index in [1.54, 1.807) is 17.5 Å². The van der Waals surface area contributed by atoms with E-state index in [9.17, 15) is 13.2 Å². The minimum Gasteiger partial charge on any atom is -0.494 e. The topological polar surface area (TPSA) is 81.0 Å². The monoisotopic (exact) mass is 465 g/mol. The second-order valence-electron chi connectivity index (χ2n) is 6.85. The first kappa shape index (κ1) is 21.2. The van der Waals surface area contributed by atoms with Crippen LogP contribution in [-0.2, 0) is 21.4 Å². The highest BCUT2D eigenvalue weighted by molar-refractivity contribution is 7.91. The fraction of sp³-hybridized carbons (Fsp3) is 0.400. The van der Waals surface area contributed by atoms with Gasteiger partial charge < -0.3 is 9.30 Å². The molecule has 160 valence electrons. The van der Waals surface area contributed by atoms with Gasteiger partial charge in [0.25, 0.3) is 15.9 Å². The maximum atomic E-state index is 13.1. The molecule has 4 rings (SSSR count). The van der Waals surface area contributed by atoms with Crippen molar-refractivity contribution in [1.82, 2.24) is 8.87 Å². The van der Waals surface area contributed by atoms with E-state index in [0.717, 1.165) is 27.3 Å². The van der Waals surface area contributed by atoms with Crippen molar-refractivity contribution < 1.29 is 17.9 Å². The molecule has 3 aromatic rings. The minimum absolute atomic E-state index is 0.260. The lowest BCUT2D eigenvalue weighted by molar-refractivity contribution is -0.121. The van der Waals surface area contributed by atoms with Gasteiger partial charge in [0, 0.05) is 13.1 Å². The maximum absolute atomic E-state index is 13.1. The number of aromatic nitrogens is 1. The molecule has 0 aliphatic carbocycles. The first-order valence-electron chi connectivity index (χ1n) is 9.85. The number of carbonyl (C=O) groups is 1. The number of sulfonamides is 1. The average molecular weight is 466 g/mol. The Kier molecular flexibility index (Phi) is 6.10. The van der Waals surface area contributed by atoms with Crippen LogP contribution >= 0.6 is 22.7 Å². The number of benzene rings is 1. The predicted octanol–water partition coefficient (Wildman–Crippen LogP) is 3.46. The lowest BCUT2D eigenvalue weighted by Crippen LogP contribution is -2.40. The Morgan fingerprint density at radius 2 is 2.13 bits per heavy atom. The van der Waals surface area contributed by atoms with Crippen LogP contribution in [0.4, 0.5) is 0 Å². The molecule has 2 aromatic heterocycles. The second kappa shape index (κ2) is 8.62. The van der Waals surface area contributed by atoms with Crippen molar-refractivity contribution in [1.29, 1.82) is 0 Å². The zero-order chi connectivity index (χ0) is 21.3. The van der Waals surface area contributed by atoms with E-state index >= 15 is 0 Å². The summed E-state index contributed by atoms with van der Waals surface area (Å²) in [5, 5.41) is 1.72. The third-order valence-electron chi connectivity index (χ3n) is 5.03. The molecule has 1 atom stereocenters. The van der Waals surface area contributed by atoms with Gasteiger partial charge in [-0.15, -0.1) is 11.3 Å². The summed E-state index contributed by atoms with van der Waals surface area (Å²) in [5.74, 6) is 0.364. The highest BCUT2D eigenvalue weighted by atomic mass is 32.2. The molecule has 1 amide bonds. The van der Waals surface area contributed by atoms with E-state index in [-0.39, 0.29) is 4.21 Å². The molecule has 1 saturated heterocycles. The standard InChI is InChI=1S/C20H23N3O4S3/c1-3-22-15-10-9-14(27-4-2)13-17(15)29-20(22)21-19(24)16-7-5-11-23(16)30(25,26)18-8-6-12-28-18/h6,8-10,12-13,16H,3-5,7,11H2,1-2H3. The van der Waals surface area contributed by atoms with Crippen LogP contribution in [0.5, 0.6) is 5.75 Å². The van der Waals surface area contributed by atoms with Crippen LogP contribution in [-0.4, -0.2) is 42.4 Å². The lowest BCUT2D eigenvalue weighted by Gasteiger charge is -2.20. The number of ether oxygens (including phenoxy) is 1. The normalized spacial score (nSPS) is 18.3. The smallest absolute Gasteiger partial charge is 0.266 e. The molecule has 1 unspecified atom stereocenters. The molecular weight excluding hydrogens is 442 g/mol. The van der Waals surface area contributed by atoms with E-state index in [0.29, 0.717) is 37.3 Å². The summed E-state index contributed by atoms with van der Waals surface area (Å²) in [6, 6.07) is 8.33. The van der Waals surface area contributed by atoms with Gasteiger partial charge in [-0.2, -0.15) is 9.30 Å². The summed E-state index contributed by atoms with van der Waals surface area (Å²) in [7, 11) is -3.68. The van der Waals surface area contributed by atoms with E-state index in [2.05, 4.69) is 4.99 Å². The molecule has 7 nitrogen and oxygen atoms in total. The van der Waals surface area contributed by atoms with Crippen LogP contribution in [0.1, 0.15) is 26.7 Å². The molecule has 1 aromatic carbocycles. The second-order valence-corrected chi connectivity index (χ2v) is 10.9. The number of hydrogen-bond acceptors (Lipinski definition) is 6. The number of nitrogens with zero attached hydrogens (tertiary/aromatic N) is 3. The number of fused-ring (bicyclic) bond motifs is 1. The van der Waals surface area contributed by atoms with Crippen molar-refractivity contribution >= 4 is 48.8 Å². The van der Waals surface area contributed by atoms with Crippen molar-refractivity contribution in [3.05, 3.63) is 40.5 Å². The van der Waals surface area contributed by atoms with Crippen molar-refractivity contribution in [2.24, 2.45) is 4.99 Å². The fourth-order valence-corrected chi connectivity index (χ4v) is 7.57. The summed E-state index contributed by atoms with van der Waals surface area (Å²) in [4.78, 5) is 18.0. The maximum Gasteiger partial charge on any atom is 0.266 e. The zero-order valence-electron chi connectivity index (χ0n) is 16.8. The number of rotatable bonds is 6. The Morgan fingerprint density at radius 3 is 2.83 bits per heavy atom. The van der Waals surface area contributed by atoms with Gasteiger partial charge in [0.15, 0.2) is 4.80 Å². The average Bonchev–Trinajstić information content (AvgIpc) is 3.47. The molecule has 30 heavy (non-hydrogen) atoms. The highest BCUT2D eigenvalue weighted by Gasteiger charge is 2.39. The first-order valence-corrected chi connectivity index (χ1v) is 13.0. The predicted molar refractivity (Wildman–Crippen MR) is 118 cm³/mol. The fourth-order valence-electron chi connectivity index (χ4n) is 3.67. The number of aryl methyl sites for hydroxylation is 1. The van der Waals surface area contributed by atoms with E-state index in [1.807, 2.05) is 36.6 Å². The molecule has 1 aliphatic rings. The van der Waals surface area contributed by atoms with Crippen molar-refractivity contribution in [3.8, 4) is 5.75 Å². The lowest BCUT2D eigenvalue weighted by atomic mass is 10.2. The molecule has 1 fully saturated rings. The van der Waals surface area contributed by atoms with Crippen LogP contribution in [0.25, 0.3) is 10.2 Å². The molecule has 3 heterocycles. The quantitative estimate of drug-likeness (QED) is 0.558. The van der Waals surface area contributed by atoms with E-state index < -0.39 is 22.0 Å². The Balaban J connectivity index is 1.70. The summed E-state index contributed by atoms with van der Waals surface area (Å²) < 4.78 is 36.0. The van der Waals surface area contributed by atoms with Crippen LogP contribution in [0.3, 0.4) is 0 Å². The van der Waals surface area contributed by atoms with Crippen LogP contribution in [0, 0.1) is 0 Å². The van der Waals surface area contributed by atoms with Crippen LogP contribution < -0.4 is 9.54 Å². The van der Waals surface area contributed by atoms with Gasteiger partial charge in [-0.25, -0.2) is 8.42 Å².